The van der Waals surface area contributed by atoms with Gasteiger partial charge in [0.1, 0.15) is 18.5 Å². The van der Waals surface area contributed by atoms with Crippen LogP contribution in [0.25, 0.3) is 0 Å². The topological polar surface area (TPSA) is 66.5 Å². The molecular weight excluding hydrogens is 554 g/mol. The highest BCUT2D eigenvalue weighted by atomic mass is 16.6. The van der Waals surface area contributed by atoms with Crippen molar-refractivity contribution in [2.75, 3.05) is 40.0 Å². The van der Waals surface area contributed by atoms with Crippen LogP contribution < -0.4 is 4.74 Å². The molecule has 1 heterocycles. The molecule has 0 N–H and O–H groups in total. The van der Waals surface area contributed by atoms with Gasteiger partial charge in [0.25, 0.3) is 0 Å². The Balaban J connectivity index is 1.74. The van der Waals surface area contributed by atoms with Crippen molar-refractivity contribution in [1.82, 2.24) is 4.90 Å². The predicted octanol–water partition coefficient (Wildman–Crippen LogP) is 7.52. The Kier molecular flexibility index (Phi) is 17.8. The second kappa shape index (κ2) is 21.9. The van der Waals surface area contributed by atoms with E-state index in [1.165, 1.54) is 38.5 Å². The van der Waals surface area contributed by atoms with Gasteiger partial charge in [-0.3, -0.25) is 4.79 Å². The van der Waals surface area contributed by atoms with Crippen LogP contribution in [0.4, 0.5) is 0 Å². The molecular formula is C37H55NO6. The third kappa shape index (κ3) is 13.5. The Hall–Kier alpha value is -2.71. The van der Waals surface area contributed by atoms with E-state index >= 15 is 0 Å². The van der Waals surface area contributed by atoms with E-state index in [0.717, 1.165) is 36.1 Å². The van der Waals surface area contributed by atoms with Crippen molar-refractivity contribution in [1.29, 1.82) is 0 Å². The van der Waals surface area contributed by atoms with Gasteiger partial charge in [0.2, 0.25) is 5.91 Å². The minimum atomic E-state index is -0.388. The standard InChI is InChI=1S/C37H55NO6/c1-4-6-7-8-9-10-11-15-19-35(42-28-31-17-13-12-14-18-31)37(44-29-32-20-22-33(40-3)23-21-32)34(16-5-2)43-30-36(39)38-24-26-41-27-25-38/h5,12-14,17-18,20-23,34-35,37H,2,4,6-11,15-16,19,24-30H2,1,3H3/t34-,35+,37+/m0/s1. The average Bonchev–Trinajstić information content (AvgIpc) is 3.07. The summed E-state index contributed by atoms with van der Waals surface area (Å²) >= 11 is 0. The van der Waals surface area contributed by atoms with Gasteiger partial charge in [-0.2, -0.15) is 0 Å². The number of amides is 1. The molecule has 0 aliphatic carbocycles. The molecule has 2 aromatic carbocycles. The monoisotopic (exact) mass is 609 g/mol. The molecule has 1 amide bonds. The van der Waals surface area contributed by atoms with E-state index in [-0.39, 0.29) is 30.8 Å². The summed E-state index contributed by atoms with van der Waals surface area (Å²) in [6.45, 7) is 9.43. The molecule has 3 rings (SSSR count). The molecule has 0 saturated carbocycles. The van der Waals surface area contributed by atoms with Gasteiger partial charge < -0.3 is 28.6 Å². The number of hydrogen-bond donors (Lipinski definition) is 0. The summed E-state index contributed by atoms with van der Waals surface area (Å²) in [5, 5.41) is 0. The van der Waals surface area contributed by atoms with E-state index in [0.29, 0.717) is 45.9 Å². The summed E-state index contributed by atoms with van der Waals surface area (Å²) in [5.74, 6) is 0.777. The van der Waals surface area contributed by atoms with Crippen LogP contribution in [0.5, 0.6) is 5.75 Å². The average molecular weight is 610 g/mol. The van der Waals surface area contributed by atoms with Crippen molar-refractivity contribution in [2.24, 2.45) is 0 Å². The van der Waals surface area contributed by atoms with E-state index in [9.17, 15) is 4.79 Å². The van der Waals surface area contributed by atoms with E-state index in [2.05, 4.69) is 25.6 Å². The Bertz CT molecular complexity index is 1020. The highest BCUT2D eigenvalue weighted by Crippen LogP contribution is 2.24. The zero-order chi connectivity index (χ0) is 31.2. The van der Waals surface area contributed by atoms with Gasteiger partial charge in [-0.1, -0.05) is 107 Å². The minimum absolute atomic E-state index is 0.00985. The Labute approximate surface area is 265 Å². The number of ether oxygens (including phenoxy) is 5. The van der Waals surface area contributed by atoms with Gasteiger partial charge >= 0.3 is 0 Å². The molecule has 244 valence electrons. The van der Waals surface area contributed by atoms with Crippen molar-refractivity contribution in [2.45, 2.75) is 103 Å². The molecule has 0 radical (unpaired) electrons. The number of hydrogen-bond acceptors (Lipinski definition) is 6. The van der Waals surface area contributed by atoms with Gasteiger partial charge in [-0.25, -0.2) is 0 Å². The number of methoxy groups -OCH3 is 1. The molecule has 1 fully saturated rings. The Morgan fingerprint density at radius 3 is 2.14 bits per heavy atom. The molecule has 44 heavy (non-hydrogen) atoms. The van der Waals surface area contributed by atoms with E-state index in [1.807, 2.05) is 53.4 Å². The first-order chi connectivity index (χ1) is 21.6. The molecule has 1 saturated heterocycles. The smallest absolute Gasteiger partial charge is 0.248 e. The van der Waals surface area contributed by atoms with Crippen molar-refractivity contribution >= 4 is 5.91 Å². The quantitative estimate of drug-likeness (QED) is 0.0959. The number of morpholine rings is 1. The van der Waals surface area contributed by atoms with Crippen molar-refractivity contribution in [3.63, 3.8) is 0 Å². The highest BCUT2D eigenvalue weighted by molar-refractivity contribution is 5.77. The number of unbranched alkanes of at least 4 members (excludes halogenated alkanes) is 7. The summed E-state index contributed by atoms with van der Waals surface area (Å²) in [6.07, 6.45) is 12.2. The molecule has 0 spiro atoms. The van der Waals surface area contributed by atoms with Crippen LogP contribution in [-0.4, -0.2) is 69.1 Å². The van der Waals surface area contributed by atoms with Crippen LogP contribution in [-0.2, 0) is 37.0 Å². The first kappa shape index (κ1) is 35.8. The lowest BCUT2D eigenvalue weighted by molar-refractivity contribution is -0.162. The van der Waals surface area contributed by atoms with Crippen LogP contribution in [0.15, 0.2) is 67.3 Å². The van der Waals surface area contributed by atoms with Crippen molar-refractivity contribution < 1.29 is 28.5 Å². The summed E-state index contributed by atoms with van der Waals surface area (Å²) < 4.78 is 30.5. The van der Waals surface area contributed by atoms with Crippen molar-refractivity contribution in [3.8, 4) is 5.75 Å². The number of carbonyl (C=O) groups excluding carboxylic acids is 1. The molecule has 7 nitrogen and oxygen atoms in total. The zero-order valence-corrected chi connectivity index (χ0v) is 27.1. The summed E-state index contributed by atoms with van der Waals surface area (Å²) in [7, 11) is 1.66. The van der Waals surface area contributed by atoms with Gasteiger partial charge in [-0.05, 0) is 36.1 Å². The summed E-state index contributed by atoms with van der Waals surface area (Å²) in [5.41, 5.74) is 2.15. The maximum Gasteiger partial charge on any atom is 0.248 e. The van der Waals surface area contributed by atoms with E-state index in [1.54, 1.807) is 7.11 Å². The zero-order valence-electron chi connectivity index (χ0n) is 27.1. The fourth-order valence-corrected chi connectivity index (χ4v) is 5.51. The van der Waals surface area contributed by atoms with Gasteiger partial charge in [0.15, 0.2) is 0 Å². The minimum Gasteiger partial charge on any atom is -0.497 e. The number of nitrogens with zero attached hydrogens (tertiary/aromatic N) is 1. The Morgan fingerprint density at radius 1 is 0.841 bits per heavy atom. The molecule has 1 aliphatic heterocycles. The SMILES string of the molecule is C=CC[C@H](OCC(=O)N1CCOCC1)[C@@H](OCc1ccc(OC)cc1)[C@@H](CCCCCCCCCC)OCc1ccccc1. The molecule has 0 aromatic heterocycles. The first-order valence-electron chi connectivity index (χ1n) is 16.6. The van der Waals surface area contributed by atoms with Gasteiger partial charge in [0, 0.05) is 13.1 Å². The maximum atomic E-state index is 13.0. The lowest BCUT2D eigenvalue weighted by Gasteiger charge is -2.34. The number of benzene rings is 2. The third-order valence-corrected chi connectivity index (χ3v) is 8.17. The Morgan fingerprint density at radius 2 is 1.48 bits per heavy atom. The number of rotatable bonds is 23. The number of carbonyl (C=O) groups is 1. The molecule has 1 aliphatic rings. The largest absolute Gasteiger partial charge is 0.497 e. The van der Waals surface area contributed by atoms with Crippen LogP contribution in [0.2, 0.25) is 0 Å². The second-order valence-electron chi connectivity index (χ2n) is 11.6. The molecule has 2 aromatic rings. The maximum absolute atomic E-state index is 13.0. The molecule has 0 bridgehead atoms. The van der Waals surface area contributed by atoms with Gasteiger partial charge in [0.05, 0.1) is 45.7 Å². The summed E-state index contributed by atoms with van der Waals surface area (Å²) in [6, 6.07) is 18.2. The van der Waals surface area contributed by atoms with Crippen LogP contribution in [0.1, 0.15) is 82.3 Å². The lowest BCUT2D eigenvalue weighted by Crippen LogP contribution is -2.46. The first-order valence-corrected chi connectivity index (χ1v) is 16.6. The molecule has 7 heteroatoms. The fraction of sp³-hybridized carbons (Fsp3) is 0.595. The molecule has 3 atom stereocenters. The van der Waals surface area contributed by atoms with E-state index in [4.69, 9.17) is 23.7 Å². The molecule has 0 unspecified atom stereocenters. The van der Waals surface area contributed by atoms with Crippen LogP contribution in [0, 0.1) is 0 Å². The van der Waals surface area contributed by atoms with Crippen LogP contribution >= 0.6 is 0 Å². The van der Waals surface area contributed by atoms with Crippen LogP contribution in [0.3, 0.4) is 0 Å². The highest BCUT2D eigenvalue weighted by Gasteiger charge is 2.32. The summed E-state index contributed by atoms with van der Waals surface area (Å²) in [4.78, 5) is 14.8. The predicted molar refractivity (Wildman–Crippen MR) is 176 cm³/mol. The normalized spacial score (nSPS) is 15.5. The van der Waals surface area contributed by atoms with E-state index < -0.39 is 0 Å². The lowest BCUT2D eigenvalue weighted by atomic mass is 9.98. The van der Waals surface area contributed by atoms with Crippen molar-refractivity contribution in [3.05, 3.63) is 78.4 Å². The van der Waals surface area contributed by atoms with Gasteiger partial charge in [-0.15, -0.1) is 6.58 Å². The fourth-order valence-electron chi connectivity index (χ4n) is 5.51. The second-order valence-corrected chi connectivity index (χ2v) is 11.6. The third-order valence-electron chi connectivity index (χ3n) is 8.17.